The van der Waals surface area contributed by atoms with Crippen LogP contribution in [0.3, 0.4) is 0 Å². The van der Waals surface area contributed by atoms with Crippen molar-refractivity contribution >= 4 is 5.97 Å². The quantitative estimate of drug-likeness (QED) is 0.407. The van der Waals surface area contributed by atoms with Crippen LogP contribution in [0.15, 0.2) is 12.7 Å². The summed E-state index contributed by atoms with van der Waals surface area (Å²) < 4.78 is 16.5. The number of ether oxygens (including phenoxy) is 3. The van der Waals surface area contributed by atoms with Gasteiger partial charge in [-0.2, -0.15) is 0 Å². The minimum absolute atomic E-state index is 0.168. The van der Waals surface area contributed by atoms with Gasteiger partial charge in [0, 0.05) is 6.92 Å². The first kappa shape index (κ1) is 14.2. The van der Waals surface area contributed by atoms with Crippen LogP contribution in [0, 0.1) is 0 Å². The molecule has 1 fully saturated rings. The van der Waals surface area contributed by atoms with Gasteiger partial charge in [0.05, 0.1) is 6.61 Å². The Morgan fingerprint density at radius 3 is 2.82 bits per heavy atom. The van der Waals surface area contributed by atoms with Gasteiger partial charge < -0.3 is 14.2 Å². The van der Waals surface area contributed by atoms with Crippen LogP contribution in [0.1, 0.15) is 40.0 Å². The Bertz CT molecular complexity index is 273. The number of allylic oxidation sites excluding steroid dienone is 1. The molecular formula is C13H22O4. The highest BCUT2D eigenvalue weighted by Gasteiger charge is 2.38. The topological polar surface area (TPSA) is 44.8 Å². The Morgan fingerprint density at radius 1 is 1.65 bits per heavy atom. The molecule has 1 saturated heterocycles. The van der Waals surface area contributed by atoms with Crippen LogP contribution in [0.5, 0.6) is 0 Å². The third-order valence-corrected chi connectivity index (χ3v) is 2.66. The molecule has 1 aliphatic rings. The van der Waals surface area contributed by atoms with E-state index in [0.29, 0.717) is 6.61 Å². The summed E-state index contributed by atoms with van der Waals surface area (Å²) in [6.45, 7) is 9.29. The molecule has 0 unspecified atom stereocenters. The molecule has 1 heterocycles. The van der Waals surface area contributed by atoms with Crippen molar-refractivity contribution in [3.8, 4) is 0 Å². The van der Waals surface area contributed by atoms with E-state index in [0.717, 1.165) is 19.3 Å². The van der Waals surface area contributed by atoms with Crippen molar-refractivity contribution in [2.24, 2.45) is 0 Å². The van der Waals surface area contributed by atoms with Crippen LogP contribution < -0.4 is 0 Å². The number of hydrogen-bond acceptors (Lipinski definition) is 4. The van der Waals surface area contributed by atoms with Gasteiger partial charge in [0.1, 0.15) is 12.2 Å². The molecule has 1 rings (SSSR count). The molecule has 0 aromatic carbocycles. The molecule has 0 aliphatic carbocycles. The van der Waals surface area contributed by atoms with Crippen molar-refractivity contribution < 1.29 is 19.0 Å². The lowest BCUT2D eigenvalue weighted by atomic mass is 10.1. The van der Waals surface area contributed by atoms with E-state index < -0.39 is 5.79 Å². The molecule has 0 aromatic heterocycles. The molecular weight excluding hydrogens is 220 g/mol. The zero-order valence-electron chi connectivity index (χ0n) is 10.9. The molecule has 0 spiro atoms. The van der Waals surface area contributed by atoms with Gasteiger partial charge >= 0.3 is 5.97 Å². The monoisotopic (exact) mass is 242 g/mol. The Labute approximate surface area is 103 Å². The molecule has 98 valence electrons. The van der Waals surface area contributed by atoms with E-state index in [1.807, 2.05) is 19.9 Å². The first-order valence-electron chi connectivity index (χ1n) is 6.04. The first-order chi connectivity index (χ1) is 7.94. The molecule has 0 radical (unpaired) electrons. The van der Waals surface area contributed by atoms with Gasteiger partial charge in [-0.3, -0.25) is 4.79 Å². The van der Waals surface area contributed by atoms with Gasteiger partial charge in [-0.05, 0) is 33.1 Å². The van der Waals surface area contributed by atoms with Crippen molar-refractivity contribution in [2.75, 3.05) is 6.61 Å². The standard InChI is InChI=1S/C13H22O4/c1-5-6-7-8-11(16-10(2)14)12-9-15-13(3,4)17-12/h5,11-12H,1,6-9H2,2-4H3/t11-,12+/m0/s1. The normalized spacial score (nSPS) is 24.3. The number of esters is 1. The van der Waals surface area contributed by atoms with Crippen molar-refractivity contribution in [2.45, 2.75) is 58.0 Å². The van der Waals surface area contributed by atoms with Gasteiger partial charge in [-0.15, -0.1) is 6.58 Å². The minimum atomic E-state index is -0.582. The average Bonchev–Trinajstić information content (AvgIpc) is 2.57. The van der Waals surface area contributed by atoms with Crippen LogP contribution in [-0.4, -0.2) is 30.6 Å². The predicted octanol–water partition coefficient (Wildman–Crippen LogP) is 2.43. The van der Waals surface area contributed by atoms with Crippen molar-refractivity contribution in [1.29, 1.82) is 0 Å². The molecule has 1 aliphatic heterocycles. The van der Waals surface area contributed by atoms with Crippen LogP contribution in [-0.2, 0) is 19.0 Å². The average molecular weight is 242 g/mol. The number of rotatable bonds is 6. The third kappa shape index (κ3) is 4.88. The Balaban J connectivity index is 2.50. The lowest BCUT2D eigenvalue weighted by Gasteiger charge is -2.23. The van der Waals surface area contributed by atoms with Gasteiger partial charge in [-0.25, -0.2) is 0 Å². The SMILES string of the molecule is C=CCCC[C@H](OC(C)=O)[C@H]1COC(C)(C)O1. The van der Waals surface area contributed by atoms with Crippen molar-refractivity contribution in [3.05, 3.63) is 12.7 Å². The zero-order valence-corrected chi connectivity index (χ0v) is 10.9. The van der Waals surface area contributed by atoms with Crippen molar-refractivity contribution in [3.63, 3.8) is 0 Å². The second-order valence-corrected chi connectivity index (χ2v) is 4.73. The summed E-state index contributed by atoms with van der Waals surface area (Å²) in [6, 6.07) is 0. The fraction of sp³-hybridized carbons (Fsp3) is 0.769. The van der Waals surface area contributed by atoms with Gasteiger partial charge in [0.15, 0.2) is 5.79 Å². The zero-order chi connectivity index (χ0) is 12.9. The van der Waals surface area contributed by atoms with E-state index in [4.69, 9.17) is 14.2 Å². The number of hydrogen-bond donors (Lipinski definition) is 0. The molecule has 0 aromatic rings. The van der Waals surface area contributed by atoms with E-state index in [9.17, 15) is 4.79 Å². The Hall–Kier alpha value is -0.870. The van der Waals surface area contributed by atoms with Gasteiger partial charge in [0.25, 0.3) is 0 Å². The van der Waals surface area contributed by atoms with E-state index in [-0.39, 0.29) is 18.2 Å². The van der Waals surface area contributed by atoms with Crippen LogP contribution in [0.4, 0.5) is 0 Å². The Morgan fingerprint density at radius 2 is 2.35 bits per heavy atom. The van der Waals surface area contributed by atoms with E-state index in [1.54, 1.807) is 0 Å². The summed E-state index contributed by atoms with van der Waals surface area (Å²) in [6.07, 6.45) is 4.08. The maximum Gasteiger partial charge on any atom is 0.302 e. The maximum atomic E-state index is 11.1. The second kappa shape index (κ2) is 6.17. The second-order valence-electron chi connectivity index (χ2n) is 4.73. The van der Waals surface area contributed by atoms with Crippen molar-refractivity contribution in [1.82, 2.24) is 0 Å². The molecule has 0 bridgehead atoms. The van der Waals surface area contributed by atoms with Crippen LogP contribution in [0.25, 0.3) is 0 Å². The fourth-order valence-corrected chi connectivity index (χ4v) is 1.90. The third-order valence-electron chi connectivity index (χ3n) is 2.66. The summed E-state index contributed by atoms with van der Waals surface area (Å²) >= 11 is 0. The molecule has 0 amide bonds. The molecule has 2 atom stereocenters. The van der Waals surface area contributed by atoms with Crippen LogP contribution in [0.2, 0.25) is 0 Å². The number of carbonyl (C=O) groups is 1. The van der Waals surface area contributed by atoms with E-state index in [2.05, 4.69) is 6.58 Å². The molecule has 0 saturated carbocycles. The highest BCUT2D eigenvalue weighted by atomic mass is 16.7. The maximum absolute atomic E-state index is 11.1. The molecule has 17 heavy (non-hydrogen) atoms. The Kier molecular flexibility index (Phi) is 5.15. The fourth-order valence-electron chi connectivity index (χ4n) is 1.90. The van der Waals surface area contributed by atoms with Gasteiger partial charge in [0.2, 0.25) is 0 Å². The minimum Gasteiger partial charge on any atom is -0.460 e. The summed E-state index contributed by atoms with van der Waals surface area (Å²) in [5.41, 5.74) is 0. The first-order valence-corrected chi connectivity index (χ1v) is 6.04. The lowest BCUT2D eigenvalue weighted by Crippen LogP contribution is -2.34. The van der Waals surface area contributed by atoms with Gasteiger partial charge in [-0.1, -0.05) is 6.08 Å². The number of unbranched alkanes of at least 4 members (excludes halogenated alkanes) is 1. The highest BCUT2D eigenvalue weighted by Crippen LogP contribution is 2.27. The largest absolute Gasteiger partial charge is 0.460 e. The summed E-state index contributed by atoms with van der Waals surface area (Å²) in [5.74, 6) is -0.858. The molecule has 4 heteroatoms. The summed E-state index contributed by atoms with van der Waals surface area (Å²) in [4.78, 5) is 11.1. The van der Waals surface area contributed by atoms with E-state index in [1.165, 1.54) is 6.92 Å². The van der Waals surface area contributed by atoms with E-state index >= 15 is 0 Å². The lowest BCUT2D eigenvalue weighted by molar-refractivity contribution is -0.169. The summed E-state index contributed by atoms with van der Waals surface area (Å²) in [5, 5.41) is 0. The number of carbonyl (C=O) groups excluding carboxylic acids is 1. The van der Waals surface area contributed by atoms with Crippen LogP contribution >= 0.6 is 0 Å². The summed E-state index contributed by atoms with van der Waals surface area (Å²) in [7, 11) is 0. The predicted molar refractivity (Wildman–Crippen MR) is 64.5 cm³/mol. The smallest absolute Gasteiger partial charge is 0.302 e. The molecule has 0 N–H and O–H groups in total. The molecule has 4 nitrogen and oxygen atoms in total. The highest BCUT2D eigenvalue weighted by molar-refractivity contribution is 5.66.